The highest BCUT2D eigenvalue weighted by Gasteiger charge is 2.49. The van der Waals surface area contributed by atoms with Gasteiger partial charge in [-0.05, 0) is 35.7 Å². The van der Waals surface area contributed by atoms with Crippen LogP contribution in [0.5, 0.6) is 5.75 Å². The fraction of sp³-hybridized carbons (Fsp3) is 0.300. The molecule has 3 aromatic rings. The maximum atomic E-state index is 13.4. The number of esters is 1. The Morgan fingerprint density at radius 3 is 2.35 bits per heavy atom. The molecule has 0 aromatic heterocycles. The summed E-state index contributed by atoms with van der Waals surface area (Å²) in [5.41, 5.74) is 2.06. The third-order valence-corrected chi connectivity index (χ3v) is 6.78. The van der Waals surface area contributed by atoms with Gasteiger partial charge in [0.25, 0.3) is 0 Å². The van der Waals surface area contributed by atoms with Crippen LogP contribution in [0.2, 0.25) is 0 Å². The molecule has 0 amide bonds. The number of benzene rings is 3. The quantitative estimate of drug-likeness (QED) is 0.442. The molecule has 5 rings (SSSR count). The van der Waals surface area contributed by atoms with Gasteiger partial charge < -0.3 is 19.3 Å². The summed E-state index contributed by atoms with van der Waals surface area (Å²) in [6.45, 7) is 6.58. The Morgan fingerprint density at radius 1 is 1.00 bits per heavy atom. The Morgan fingerprint density at radius 2 is 1.68 bits per heavy atom. The van der Waals surface area contributed by atoms with E-state index >= 15 is 0 Å². The van der Waals surface area contributed by atoms with E-state index in [1.807, 2.05) is 78.9 Å². The van der Waals surface area contributed by atoms with Crippen molar-refractivity contribution in [1.29, 1.82) is 0 Å². The van der Waals surface area contributed by atoms with E-state index in [9.17, 15) is 9.90 Å². The van der Waals surface area contributed by atoms with Gasteiger partial charge in [0.1, 0.15) is 18.0 Å². The first-order valence-electron chi connectivity index (χ1n) is 12.5. The van der Waals surface area contributed by atoms with Crippen LogP contribution in [0.1, 0.15) is 29.2 Å². The lowest BCUT2D eigenvalue weighted by atomic mass is 9.83. The second kappa shape index (κ2) is 11.9. The molecule has 0 spiro atoms. The fourth-order valence-electron chi connectivity index (χ4n) is 5.03. The molecule has 1 aliphatic carbocycles. The monoisotopic (exact) mass is 521 g/mol. The smallest absolute Gasteiger partial charge is 0.338 e. The number of rotatable bonds is 8. The van der Waals surface area contributed by atoms with E-state index < -0.39 is 11.6 Å². The van der Waals surface area contributed by atoms with Crippen molar-refractivity contribution in [2.75, 3.05) is 46.1 Å². The zero-order valence-corrected chi connectivity index (χ0v) is 21.7. The van der Waals surface area contributed by atoms with Crippen LogP contribution in [-0.4, -0.2) is 62.0 Å². The molecule has 194 valence electrons. The average Bonchev–Trinajstić information content (AvgIpc) is 3.20. The molecule has 1 aliphatic heterocycles. The molecule has 37 heavy (non-hydrogen) atoms. The van der Waals surface area contributed by atoms with Crippen LogP contribution >= 0.6 is 12.4 Å². The summed E-state index contributed by atoms with van der Waals surface area (Å²) in [4.78, 5) is 15.7. The van der Waals surface area contributed by atoms with Crippen LogP contribution in [-0.2, 0) is 19.9 Å². The topological polar surface area (TPSA) is 68.2 Å². The molecule has 1 unspecified atom stereocenters. The Labute approximate surface area is 223 Å². The van der Waals surface area contributed by atoms with Gasteiger partial charge in [-0.3, -0.25) is 4.90 Å². The molecule has 7 heteroatoms. The highest BCUT2D eigenvalue weighted by molar-refractivity contribution is 6.08. The molecule has 3 aromatic carbocycles. The van der Waals surface area contributed by atoms with Gasteiger partial charge in [0.05, 0.1) is 25.4 Å². The number of fused-ring (bicyclic) bond motifs is 1. The number of carbonyl (C=O) groups is 1. The van der Waals surface area contributed by atoms with Gasteiger partial charge in [-0.15, -0.1) is 12.4 Å². The molecule has 6 nitrogen and oxygen atoms in total. The van der Waals surface area contributed by atoms with E-state index in [1.54, 1.807) is 6.92 Å². The third-order valence-electron chi connectivity index (χ3n) is 6.78. The summed E-state index contributed by atoms with van der Waals surface area (Å²) < 4.78 is 17.0. The van der Waals surface area contributed by atoms with E-state index in [0.29, 0.717) is 29.1 Å². The second-order valence-electron chi connectivity index (χ2n) is 8.92. The lowest BCUT2D eigenvalue weighted by Crippen LogP contribution is -2.38. The van der Waals surface area contributed by atoms with E-state index in [4.69, 9.17) is 14.2 Å². The van der Waals surface area contributed by atoms with E-state index in [-0.39, 0.29) is 24.6 Å². The lowest BCUT2D eigenvalue weighted by molar-refractivity contribution is -0.140. The molecule has 2 aliphatic rings. The Hall–Kier alpha value is -3.16. The summed E-state index contributed by atoms with van der Waals surface area (Å²) in [5.74, 6) is 0.113. The summed E-state index contributed by atoms with van der Waals surface area (Å²) in [6, 6.07) is 24.6. The van der Waals surface area contributed by atoms with E-state index in [1.165, 1.54) is 0 Å². The molecule has 1 atom stereocenters. The molecular formula is C30H32ClNO5. The van der Waals surface area contributed by atoms with Crippen LogP contribution in [0, 0.1) is 0 Å². The number of aliphatic hydroxyl groups is 1. The Kier molecular flexibility index (Phi) is 8.67. The van der Waals surface area contributed by atoms with Crippen LogP contribution in [0.4, 0.5) is 0 Å². The van der Waals surface area contributed by atoms with Gasteiger partial charge in [0, 0.05) is 30.8 Å². The number of carbonyl (C=O) groups excluding carboxylic acids is 1. The van der Waals surface area contributed by atoms with Gasteiger partial charge in [0.2, 0.25) is 0 Å². The summed E-state index contributed by atoms with van der Waals surface area (Å²) in [6.07, 6.45) is 0. The zero-order chi connectivity index (χ0) is 25.0. The largest absolute Gasteiger partial charge is 0.492 e. The SMILES string of the molecule is CCOC(=O)C1=C(c2ccccc2)c2ccc(OCCN3CCOCC3)cc2C1(O)c1ccccc1.Cl. The normalized spacial score (nSPS) is 19.2. The second-order valence-corrected chi connectivity index (χ2v) is 8.92. The number of ether oxygens (including phenoxy) is 3. The van der Waals surface area contributed by atoms with Gasteiger partial charge in [-0.1, -0.05) is 66.7 Å². The standard InChI is InChI=1S/C30H31NO5.ClH/c1-2-35-29(32)28-27(22-9-5-3-6-10-22)25-14-13-24(36-20-17-31-15-18-34-19-16-31)21-26(25)30(28,33)23-11-7-4-8-12-23;/h3-14,21,33H,2,15-20H2,1H3;1H. The molecule has 1 heterocycles. The van der Waals surface area contributed by atoms with E-state index in [2.05, 4.69) is 4.90 Å². The minimum Gasteiger partial charge on any atom is -0.492 e. The highest BCUT2D eigenvalue weighted by atomic mass is 35.5. The zero-order valence-electron chi connectivity index (χ0n) is 20.9. The number of halogens is 1. The predicted octanol–water partition coefficient (Wildman–Crippen LogP) is 4.43. The summed E-state index contributed by atoms with van der Waals surface area (Å²) in [5, 5.41) is 12.4. The first-order chi connectivity index (χ1) is 17.6. The molecular weight excluding hydrogens is 490 g/mol. The summed E-state index contributed by atoms with van der Waals surface area (Å²) >= 11 is 0. The van der Waals surface area contributed by atoms with Crippen molar-refractivity contribution in [3.8, 4) is 5.75 Å². The fourth-order valence-corrected chi connectivity index (χ4v) is 5.03. The first kappa shape index (κ1) is 26.9. The van der Waals surface area contributed by atoms with Gasteiger partial charge in [-0.25, -0.2) is 4.79 Å². The minimum absolute atomic E-state index is 0. The van der Waals surface area contributed by atoms with Crippen molar-refractivity contribution in [3.05, 3.63) is 107 Å². The Balaban J connectivity index is 0.00000320. The predicted molar refractivity (Wildman–Crippen MR) is 145 cm³/mol. The number of nitrogens with zero attached hydrogens (tertiary/aromatic N) is 1. The molecule has 1 fully saturated rings. The van der Waals surface area contributed by atoms with Gasteiger partial charge in [-0.2, -0.15) is 0 Å². The van der Waals surface area contributed by atoms with Crippen LogP contribution in [0.3, 0.4) is 0 Å². The van der Waals surface area contributed by atoms with Crippen molar-refractivity contribution in [3.63, 3.8) is 0 Å². The molecule has 1 N–H and O–H groups in total. The van der Waals surface area contributed by atoms with Crippen molar-refractivity contribution < 1.29 is 24.1 Å². The minimum atomic E-state index is -1.68. The van der Waals surface area contributed by atoms with Crippen LogP contribution in [0.15, 0.2) is 84.4 Å². The van der Waals surface area contributed by atoms with E-state index in [0.717, 1.165) is 44.0 Å². The number of morpholine rings is 1. The molecule has 0 bridgehead atoms. The number of hydrogen-bond acceptors (Lipinski definition) is 6. The molecule has 0 saturated carbocycles. The highest BCUT2D eigenvalue weighted by Crippen LogP contribution is 2.52. The van der Waals surface area contributed by atoms with Crippen molar-refractivity contribution >= 4 is 23.9 Å². The molecule has 0 radical (unpaired) electrons. The maximum Gasteiger partial charge on any atom is 0.338 e. The van der Waals surface area contributed by atoms with Crippen molar-refractivity contribution in [2.45, 2.75) is 12.5 Å². The first-order valence-corrected chi connectivity index (χ1v) is 12.5. The number of hydrogen-bond donors (Lipinski definition) is 1. The Bertz CT molecular complexity index is 1240. The van der Waals surface area contributed by atoms with Crippen LogP contribution < -0.4 is 4.74 Å². The van der Waals surface area contributed by atoms with Crippen molar-refractivity contribution in [2.24, 2.45) is 0 Å². The van der Waals surface area contributed by atoms with Crippen LogP contribution in [0.25, 0.3) is 5.57 Å². The summed E-state index contributed by atoms with van der Waals surface area (Å²) in [7, 11) is 0. The van der Waals surface area contributed by atoms with Gasteiger partial charge in [0.15, 0.2) is 0 Å². The molecule has 1 saturated heterocycles. The van der Waals surface area contributed by atoms with Crippen molar-refractivity contribution in [1.82, 2.24) is 4.90 Å². The van der Waals surface area contributed by atoms with Gasteiger partial charge >= 0.3 is 5.97 Å². The average molecular weight is 522 g/mol. The third kappa shape index (κ3) is 5.29. The maximum absolute atomic E-state index is 13.4. The lowest BCUT2D eigenvalue weighted by Gasteiger charge is -2.28.